The number of rotatable bonds is 5. The second kappa shape index (κ2) is 6.12. The van der Waals surface area contributed by atoms with Crippen molar-refractivity contribution in [1.29, 1.82) is 0 Å². The molecule has 1 nitrogen and oxygen atoms in total. The van der Waals surface area contributed by atoms with Gasteiger partial charge in [-0.1, -0.05) is 25.8 Å². The minimum atomic E-state index is 0.939. The molecule has 0 aliphatic rings. The molecule has 1 aromatic carbocycles. The lowest BCUT2D eigenvalue weighted by molar-refractivity contribution is 0.616. The first-order valence-corrected chi connectivity index (χ1v) is 6.28. The van der Waals surface area contributed by atoms with Gasteiger partial charge >= 0.3 is 0 Å². The molecule has 0 fully saturated rings. The average molecular weight is 226 g/mol. The molecule has 0 N–H and O–H groups in total. The highest BCUT2D eigenvalue weighted by Crippen LogP contribution is 2.17. The number of unbranched alkanes of at least 4 members (excludes halogenated alkanes) is 3. The minimum Gasteiger partial charge on any atom is -0.464 e. The molecule has 0 atom stereocenters. The second-order valence-electron chi connectivity index (χ2n) is 4.23. The standard InChI is InChI=1S/C16H18O/c1-2-3-4-5-6-7-8-14-9-10-16-15(13-14)11-12-17-16/h6,8-13H,2-5H2,1H3. The fourth-order valence-corrected chi connectivity index (χ4v) is 1.81. The van der Waals surface area contributed by atoms with Gasteiger partial charge in [-0.2, -0.15) is 0 Å². The number of hydrogen-bond donors (Lipinski definition) is 0. The van der Waals surface area contributed by atoms with E-state index >= 15 is 0 Å². The highest BCUT2D eigenvalue weighted by Gasteiger charge is 1.95. The molecule has 0 saturated carbocycles. The van der Waals surface area contributed by atoms with Crippen LogP contribution in [0.1, 0.15) is 38.2 Å². The second-order valence-corrected chi connectivity index (χ2v) is 4.23. The van der Waals surface area contributed by atoms with Crippen molar-refractivity contribution in [2.45, 2.75) is 32.6 Å². The van der Waals surface area contributed by atoms with Gasteiger partial charge in [0.15, 0.2) is 0 Å². The summed E-state index contributed by atoms with van der Waals surface area (Å²) in [5, 5.41) is 1.14. The highest BCUT2D eigenvalue weighted by atomic mass is 16.3. The van der Waals surface area contributed by atoms with Gasteiger partial charge in [-0.05, 0) is 48.8 Å². The van der Waals surface area contributed by atoms with Gasteiger partial charge < -0.3 is 4.42 Å². The van der Waals surface area contributed by atoms with Crippen LogP contribution in [-0.4, -0.2) is 0 Å². The molecule has 1 aromatic heterocycles. The molecule has 0 aliphatic heterocycles. The van der Waals surface area contributed by atoms with Crippen molar-refractivity contribution in [3.8, 4) is 0 Å². The van der Waals surface area contributed by atoms with E-state index in [0.717, 1.165) is 17.4 Å². The molecule has 1 heteroatoms. The van der Waals surface area contributed by atoms with Gasteiger partial charge in [0.05, 0.1) is 6.26 Å². The summed E-state index contributed by atoms with van der Waals surface area (Å²) >= 11 is 0. The zero-order chi connectivity index (χ0) is 11.9. The van der Waals surface area contributed by atoms with Crippen molar-refractivity contribution in [1.82, 2.24) is 0 Å². The lowest BCUT2D eigenvalue weighted by Crippen LogP contribution is -1.71. The Labute approximate surface area is 102 Å². The van der Waals surface area contributed by atoms with E-state index in [2.05, 4.69) is 30.9 Å². The normalized spacial score (nSPS) is 10.2. The minimum absolute atomic E-state index is 0.939. The Morgan fingerprint density at radius 3 is 3.06 bits per heavy atom. The number of furan rings is 1. The van der Waals surface area contributed by atoms with Gasteiger partial charge in [-0.25, -0.2) is 0 Å². The van der Waals surface area contributed by atoms with Crippen LogP contribution in [0.4, 0.5) is 0 Å². The van der Waals surface area contributed by atoms with Crippen molar-refractivity contribution in [3.05, 3.63) is 47.9 Å². The molecule has 88 valence electrons. The van der Waals surface area contributed by atoms with Gasteiger partial charge in [0.25, 0.3) is 0 Å². The van der Waals surface area contributed by atoms with Gasteiger partial charge in [-0.3, -0.25) is 0 Å². The topological polar surface area (TPSA) is 13.1 Å². The largest absolute Gasteiger partial charge is 0.464 e. The number of fused-ring (bicyclic) bond motifs is 1. The lowest BCUT2D eigenvalue weighted by Gasteiger charge is -1.91. The van der Waals surface area contributed by atoms with Crippen LogP contribution >= 0.6 is 0 Å². The van der Waals surface area contributed by atoms with Crippen molar-refractivity contribution in [3.63, 3.8) is 0 Å². The molecule has 0 saturated heterocycles. The summed E-state index contributed by atoms with van der Waals surface area (Å²) in [4.78, 5) is 0. The Morgan fingerprint density at radius 2 is 2.18 bits per heavy atom. The van der Waals surface area contributed by atoms with Gasteiger partial charge in [0, 0.05) is 5.39 Å². The summed E-state index contributed by atoms with van der Waals surface area (Å²) in [5.74, 6) is 0. The lowest BCUT2D eigenvalue weighted by atomic mass is 10.1. The van der Waals surface area contributed by atoms with Crippen molar-refractivity contribution < 1.29 is 4.42 Å². The van der Waals surface area contributed by atoms with E-state index in [-0.39, 0.29) is 0 Å². The summed E-state index contributed by atoms with van der Waals surface area (Å²) in [5.41, 5.74) is 5.35. The molecule has 1 heterocycles. The van der Waals surface area contributed by atoms with Crippen LogP contribution in [0.25, 0.3) is 17.0 Å². The highest BCUT2D eigenvalue weighted by molar-refractivity contribution is 5.79. The van der Waals surface area contributed by atoms with Crippen molar-refractivity contribution in [2.75, 3.05) is 0 Å². The predicted molar refractivity (Wildman–Crippen MR) is 72.9 cm³/mol. The molecular formula is C16H18O. The molecule has 0 spiro atoms. The van der Waals surface area contributed by atoms with Crippen LogP contribution in [0.2, 0.25) is 0 Å². The summed E-state index contributed by atoms with van der Waals surface area (Å²) in [7, 11) is 0. The quantitative estimate of drug-likeness (QED) is 0.505. The summed E-state index contributed by atoms with van der Waals surface area (Å²) in [6.45, 7) is 2.22. The van der Waals surface area contributed by atoms with Crippen LogP contribution in [0.5, 0.6) is 0 Å². The van der Waals surface area contributed by atoms with Gasteiger partial charge in [0.1, 0.15) is 5.58 Å². The van der Waals surface area contributed by atoms with E-state index in [4.69, 9.17) is 4.42 Å². The number of hydrogen-bond acceptors (Lipinski definition) is 1. The van der Waals surface area contributed by atoms with Crippen LogP contribution in [0.3, 0.4) is 0 Å². The molecule has 2 aromatic rings. The fraction of sp³-hybridized carbons (Fsp3) is 0.312. The van der Waals surface area contributed by atoms with Crippen LogP contribution in [0.15, 0.2) is 46.8 Å². The molecule has 0 bridgehead atoms. The third-order valence-corrected chi connectivity index (χ3v) is 2.80. The molecule has 2 rings (SSSR count). The molecule has 17 heavy (non-hydrogen) atoms. The van der Waals surface area contributed by atoms with E-state index in [0.29, 0.717) is 0 Å². The zero-order valence-corrected chi connectivity index (χ0v) is 10.3. The van der Waals surface area contributed by atoms with E-state index in [1.165, 1.54) is 24.8 Å². The first-order valence-electron chi connectivity index (χ1n) is 6.28. The zero-order valence-electron chi connectivity index (χ0n) is 10.3. The number of benzene rings is 1. The maximum Gasteiger partial charge on any atom is 0.133 e. The molecule has 0 unspecified atom stereocenters. The fourth-order valence-electron chi connectivity index (χ4n) is 1.81. The Kier molecular flexibility index (Phi) is 4.23. The molecule has 0 aliphatic carbocycles. The Hall–Kier alpha value is -1.72. The van der Waals surface area contributed by atoms with Gasteiger partial charge in [0.2, 0.25) is 0 Å². The van der Waals surface area contributed by atoms with Crippen LogP contribution in [-0.2, 0) is 0 Å². The third kappa shape index (κ3) is 3.37. The summed E-state index contributed by atoms with van der Waals surface area (Å²) in [6.07, 6.45) is 10.8. The Balaban J connectivity index is 1.99. The van der Waals surface area contributed by atoms with Crippen LogP contribution < -0.4 is 0 Å². The number of allylic oxidation sites excluding steroid dienone is 1. The first kappa shape index (κ1) is 11.8. The molecule has 0 amide bonds. The average Bonchev–Trinajstić information content (AvgIpc) is 2.81. The smallest absolute Gasteiger partial charge is 0.133 e. The van der Waals surface area contributed by atoms with Crippen molar-refractivity contribution in [2.24, 2.45) is 0 Å². The predicted octanol–water partition coefficient (Wildman–Crippen LogP) is 5.18. The third-order valence-electron chi connectivity index (χ3n) is 2.80. The van der Waals surface area contributed by atoms with Gasteiger partial charge in [-0.15, -0.1) is 5.73 Å². The van der Waals surface area contributed by atoms with E-state index < -0.39 is 0 Å². The van der Waals surface area contributed by atoms with E-state index in [1.807, 2.05) is 18.2 Å². The Bertz CT molecular complexity index is 527. The SMILES string of the molecule is CCCCCC=C=Cc1ccc2occc2c1. The maximum absolute atomic E-state index is 5.30. The summed E-state index contributed by atoms with van der Waals surface area (Å²) in [6, 6.07) is 8.15. The Morgan fingerprint density at radius 1 is 1.24 bits per heavy atom. The van der Waals surface area contributed by atoms with E-state index in [9.17, 15) is 0 Å². The maximum atomic E-state index is 5.30. The first-order chi connectivity index (χ1) is 8.40. The monoisotopic (exact) mass is 226 g/mol. The van der Waals surface area contributed by atoms with E-state index in [1.54, 1.807) is 6.26 Å². The summed E-state index contributed by atoms with van der Waals surface area (Å²) < 4.78 is 5.30. The van der Waals surface area contributed by atoms with Crippen LogP contribution in [0, 0.1) is 0 Å². The van der Waals surface area contributed by atoms with Crippen molar-refractivity contribution >= 4 is 17.0 Å². The molecule has 0 radical (unpaired) electrons. The molecular weight excluding hydrogens is 208 g/mol.